The summed E-state index contributed by atoms with van der Waals surface area (Å²) in [6, 6.07) is 0.444. The molecule has 0 radical (unpaired) electrons. The molecule has 4 heteroatoms. The Balaban J connectivity index is 2.14. The topological polar surface area (TPSA) is 32.3 Å². The lowest BCUT2D eigenvalue weighted by Crippen LogP contribution is -2.41. The van der Waals surface area contributed by atoms with Crippen molar-refractivity contribution in [2.45, 2.75) is 52.0 Å². The zero-order valence-corrected chi connectivity index (χ0v) is 12.7. The van der Waals surface area contributed by atoms with Crippen LogP contribution in [0.4, 0.5) is 0 Å². The Morgan fingerprint density at radius 2 is 1.94 bits per heavy atom. The highest BCUT2D eigenvalue weighted by atomic mass is 32.2. The Labute approximate surface area is 116 Å². The number of nitrogens with zero attached hydrogens (tertiary/aromatic N) is 1. The van der Waals surface area contributed by atoms with Gasteiger partial charge in [-0.25, -0.2) is 0 Å². The van der Waals surface area contributed by atoms with Gasteiger partial charge in [0.15, 0.2) is 0 Å². The maximum atomic E-state index is 12.0. The number of thioether (sulfide) groups is 1. The molecule has 1 unspecified atom stereocenters. The summed E-state index contributed by atoms with van der Waals surface area (Å²) in [6.07, 6.45) is 6.05. The van der Waals surface area contributed by atoms with Crippen molar-refractivity contribution >= 4 is 17.7 Å². The molecular formula is C14H28N2OS. The summed E-state index contributed by atoms with van der Waals surface area (Å²) in [7, 11) is 0. The lowest BCUT2D eigenvalue weighted by molar-refractivity contribution is -0.130. The summed E-state index contributed by atoms with van der Waals surface area (Å²) in [5, 5.41) is 3.35. The van der Waals surface area contributed by atoms with E-state index in [1.165, 1.54) is 37.2 Å². The van der Waals surface area contributed by atoms with E-state index in [-0.39, 0.29) is 5.91 Å². The Kier molecular flexibility index (Phi) is 8.51. The van der Waals surface area contributed by atoms with Crippen LogP contribution in [0.5, 0.6) is 0 Å². The third-order valence-electron chi connectivity index (χ3n) is 3.46. The van der Waals surface area contributed by atoms with Crippen molar-refractivity contribution in [3.05, 3.63) is 0 Å². The first-order valence-electron chi connectivity index (χ1n) is 7.33. The SMILES string of the molecule is CCSCCC(C)NCC(=O)N1CCCCCC1. The van der Waals surface area contributed by atoms with Gasteiger partial charge in [-0.15, -0.1) is 0 Å². The number of amides is 1. The van der Waals surface area contributed by atoms with E-state index in [2.05, 4.69) is 19.2 Å². The average Bonchev–Trinajstić information content (AvgIpc) is 2.65. The highest BCUT2D eigenvalue weighted by molar-refractivity contribution is 7.99. The van der Waals surface area contributed by atoms with Crippen LogP contribution in [0.2, 0.25) is 0 Å². The molecule has 106 valence electrons. The first-order chi connectivity index (χ1) is 8.74. The van der Waals surface area contributed by atoms with Crippen molar-refractivity contribution in [3.8, 4) is 0 Å². The first-order valence-corrected chi connectivity index (χ1v) is 8.48. The molecule has 0 aromatic carbocycles. The van der Waals surface area contributed by atoms with E-state index in [4.69, 9.17) is 0 Å². The molecule has 1 amide bonds. The predicted octanol–water partition coefficient (Wildman–Crippen LogP) is 2.51. The zero-order chi connectivity index (χ0) is 13.2. The van der Waals surface area contributed by atoms with Crippen LogP contribution in [0.15, 0.2) is 0 Å². The molecule has 1 rings (SSSR count). The third kappa shape index (κ3) is 6.64. The van der Waals surface area contributed by atoms with Gasteiger partial charge in [0, 0.05) is 19.1 Å². The van der Waals surface area contributed by atoms with Gasteiger partial charge in [-0.3, -0.25) is 4.79 Å². The number of likely N-dealkylation sites (tertiary alicyclic amines) is 1. The molecule has 1 heterocycles. The number of carbonyl (C=O) groups is 1. The van der Waals surface area contributed by atoms with E-state index in [9.17, 15) is 4.79 Å². The molecule has 1 N–H and O–H groups in total. The van der Waals surface area contributed by atoms with Gasteiger partial charge in [0.25, 0.3) is 0 Å². The summed E-state index contributed by atoms with van der Waals surface area (Å²) in [6.45, 7) is 6.79. The largest absolute Gasteiger partial charge is 0.342 e. The zero-order valence-electron chi connectivity index (χ0n) is 11.9. The lowest BCUT2D eigenvalue weighted by atomic mass is 10.2. The molecule has 0 aromatic rings. The van der Waals surface area contributed by atoms with Crippen molar-refractivity contribution in [1.29, 1.82) is 0 Å². The minimum atomic E-state index is 0.284. The first kappa shape index (κ1) is 15.8. The normalized spacial score (nSPS) is 18.4. The highest BCUT2D eigenvalue weighted by Gasteiger charge is 2.15. The smallest absolute Gasteiger partial charge is 0.236 e. The quantitative estimate of drug-likeness (QED) is 0.723. The van der Waals surface area contributed by atoms with E-state index in [0.29, 0.717) is 12.6 Å². The summed E-state index contributed by atoms with van der Waals surface area (Å²) in [4.78, 5) is 14.1. The molecule has 1 aliphatic rings. The van der Waals surface area contributed by atoms with Crippen molar-refractivity contribution in [3.63, 3.8) is 0 Å². The highest BCUT2D eigenvalue weighted by Crippen LogP contribution is 2.09. The van der Waals surface area contributed by atoms with Crippen LogP contribution in [-0.4, -0.2) is 48.0 Å². The molecule has 1 saturated heterocycles. The Bertz CT molecular complexity index is 228. The van der Waals surface area contributed by atoms with Crippen molar-refractivity contribution in [2.75, 3.05) is 31.1 Å². The molecule has 0 bridgehead atoms. The Hall–Kier alpha value is -0.220. The summed E-state index contributed by atoms with van der Waals surface area (Å²) in [5.41, 5.74) is 0. The van der Waals surface area contributed by atoms with Crippen LogP contribution in [0.1, 0.15) is 46.0 Å². The van der Waals surface area contributed by atoms with E-state index in [0.717, 1.165) is 19.5 Å². The molecule has 1 fully saturated rings. The molecular weight excluding hydrogens is 244 g/mol. The monoisotopic (exact) mass is 272 g/mol. The fourth-order valence-corrected chi connectivity index (χ4v) is 3.01. The second-order valence-corrected chi connectivity index (χ2v) is 6.46. The maximum Gasteiger partial charge on any atom is 0.236 e. The van der Waals surface area contributed by atoms with E-state index < -0.39 is 0 Å². The standard InChI is InChI=1S/C14H28N2OS/c1-3-18-11-8-13(2)15-12-14(17)16-9-6-4-5-7-10-16/h13,15H,3-12H2,1-2H3. The van der Waals surface area contributed by atoms with E-state index >= 15 is 0 Å². The number of hydrogen-bond acceptors (Lipinski definition) is 3. The van der Waals surface area contributed by atoms with Gasteiger partial charge in [0.2, 0.25) is 5.91 Å². The van der Waals surface area contributed by atoms with Gasteiger partial charge in [-0.2, -0.15) is 11.8 Å². The van der Waals surface area contributed by atoms with Crippen LogP contribution in [-0.2, 0) is 4.79 Å². The maximum absolute atomic E-state index is 12.0. The molecule has 18 heavy (non-hydrogen) atoms. The minimum Gasteiger partial charge on any atom is -0.342 e. The minimum absolute atomic E-state index is 0.284. The predicted molar refractivity (Wildman–Crippen MR) is 80.1 cm³/mol. The number of nitrogens with one attached hydrogen (secondary N) is 1. The van der Waals surface area contributed by atoms with Crippen LogP contribution in [0.3, 0.4) is 0 Å². The van der Waals surface area contributed by atoms with Gasteiger partial charge in [0.05, 0.1) is 6.54 Å². The van der Waals surface area contributed by atoms with Gasteiger partial charge in [-0.1, -0.05) is 19.8 Å². The van der Waals surface area contributed by atoms with Crippen LogP contribution in [0, 0.1) is 0 Å². The molecule has 3 nitrogen and oxygen atoms in total. The van der Waals surface area contributed by atoms with E-state index in [1.54, 1.807) is 0 Å². The summed E-state index contributed by atoms with van der Waals surface area (Å²) in [5.74, 6) is 2.65. The molecule has 0 aromatic heterocycles. The van der Waals surface area contributed by atoms with Gasteiger partial charge in [-0.05, 0) is 37.7 Å². The Morgan fingerprint density at radius 3 is 2.56 bits per heavy atom. The summed E-state index contributed by atoms with van der Waals surface area (Å²) < 4.78 is 0. The lowest BCUT2D eigenvalue weighted by Gasteiger charge is -2.22. The van der Waals surface area contributed by atoms with Crippen LogP contribution in [0.25, 0.3) is 0 Å². The molecule has 1 atom stereocenters. The average molecular weight is 272 g/mol. The summed E-state index contributed by atoms with van der Waals surface area (Å²) >= 11 is 1.97. The molecule has 0 aliphatic carbocycles. The van der Waals surface area contributed by atoms with Gasteiger partial charge in [0.1, 0.15) is 0 Å². The molecule has 0 spiro atoms. The van der Waals surface area contributed by atoms with Crippen molar-refractivity contribution in [2.24, 2.45) is 0 Å². The fourth-order valence-electron chi connectivity index (χ4n) is 2.20. The van der Waals surface area contributed by atoms with E-state index in [1.807, 2.05) is 16.7 Å². The molecule has 0 saturated carbocycles. The van der Waals surface area contributed by atoms with Gasteiger partial charge < -0.3 is 10.2 Å². The van der Waals surface area contributed by atoms with Crippen LogP contribution >= 0.6 is 11.8 Å². The second kappa shape index (κ2) is 9.68. The third-order valence-corrected chi connectivity index (χ3v) is 4.39. The molecule has 1 aliphatic heterocycles. The Morgan fingerprint density at radius 1 is 1.28 bits per heavy atom. The van der Waals surface area contributed by atoms with Crippen molar-refractivity contribution in [1.82, 2.24) is 10.2 Å². The number of rotatable bonds is 7. The van der Waals surface area contributed by atoms with Crippen LogP contribution < -0.4 is 5.32 Å². The van der Waals surface area contributed by atoms with Gasteiger partial charge >= 0.3 is 0 Å². The number of hydrogen-bond donors (Lipinski definition) is 1. The van der Waals surface area contributed by atoms with Crippen molar-refractivity contribution < 1.29 is 4.79 Å². The fraction of sp³-hybridized carbons (Fsp3) is 0.929. The number of carbonyl (C=O) groups excluding carboxylic acids is 1. The second-order valence-electron chi connectivity index (χ2n) is 5.06.